The number of nitrogens with zero attached hydrogens (tertiary/aromatic N) is 1. The molecule has 1 rings (SSSR count). The fraction of sp³-hybridized carbons (Fsp3) is 0.200. The molecule has 0 heterocycles. The Morgan fingerprint density at radius 3 is 2.40 bits per heavy atom. The highest BCUT2D eigenvalue weighted by Gasteiger charge is 2.25. The van der Waals surface area contributed by atoms with Crippen LogP contribution in [0.4, 0.5) is 0 Å². The van der Waals surface area contributed by atoms with Gasteiger partial charge in [0, 0.05) is 15.6 Å². The molecule has 0 aromatic heterocycles. The minimum Gasteiger partial charge on any atom is -0.468 e. The second-order valence-corrected chi connectivity index (χ2v) is 3.54. The molecule has 0 radical (unpaired) electrons. The number of nitriles is 1. The predicted molar refractivity (Wildman–Crippen MR) is 56.8 cm³/mol. The van der Waals surface area contributed by atoms with Gasteiger partial charge in [-0.15, -0.1) is 0 Å². The zero-order valence-corrected chi connectivity index (χ0v) is 9.34. The molecule has 3 nitrogen and oxygen atoms in total. The first kappa shape index (κ1) is 11.8. The summed E-state index contributed by atoms with van der Waals surface area (Å²) < 4.78 is 4.49. The number of hydrogen-bond acceptors (Lipinski definition) is 3. The Morgan fingerprint density at radius 1 is 1.47 bits per heavy atom. The van der Waals surface area contributed by atoms with Crippen LogP contribution in [0.1, 0.15) is 11.5 Å². The average Bonchev–Trinajstić information content (AvgIpc) is 2.22. The van der Waals surface area contributed by atoms with Crippen LogP contribution in [0.3, 0.4) is 0 Å². The lowest BCUT2D eigenvalue weighted by molar-refractivity contribution is -0.140. The van der Waals surface area contributed by atoms with Crippen LogP contribution >= 0.6 is 23.2 Å². The molecular weight excluding hydrogens is 237 g/mol. The van der Waals surface area contributed by atoms with Crippen molar-refractivity contribution in [2.75, 3.05) is 7.11 Å². The monoisotopic (exact) mass is 243 g/mol. The zero-order valence-electron chi connectivity index (χ0n) is 7.83. The quantitative estimate of drug-likeness (QED) is 0.751. The Bertz CT molecular complexity index is 406. The number of methoxy groups -OCH3 is 1. The first-order chi connectivity index (χ1) is 7.11. The summed E-state index contributed by atoms with van der Waals surface area (Å²) in [5, 5.41) is 9.42. The second kappa shape index (κ2) is 5.01. The van der Waals surface area contributed by atoms with Gasteiger partial charge in [0.1, 0.15) is 0 Å². The fourth-order valence-corrected chi connectivity index (χ4v) is 1.76. The molecule has 0 saturated carbocycles. The molecule has 0 fully saturated rings. The van der Waals surface area contributed by atoms with E-state index in [2.05, 4.69) is 4.74 Å². The van der Waals surface area contributed by atoms with Crippen molar-refractivity contribution in [2.45, 2.75) is 5.92 Å². The van der Waals surface area contributed by atoms with Crippen LogP contribution in [0.25, 0.3) is 0 Å². The van der Waals surface area contributed by atoms with Crippen LogP contribution in [0, 0.1) is 11.3 Å². The van der Waals surface area contributed by atoms with Crippen molar-refractivity contribution in [1.82, 2.24) is 0 Å². The molecule has 1 aromatic rings. The maximum absolute atomic E-state index is 11.3. The molecule has 0 amide bonds. The number of carbonyl (C=O) groups excluding carboxylic acids is 1. The number of hydrogen-bond donors (Lipinski definition) is 0. The average molecular weight is 244 g/mol. The van der Waals surface area contributed by atoms with Crippen molar-refractivity contribution < 1.29 is 9.53 Å². The summed E-state index contributed by atoms with van der Waals surface area (Å²) in [6, 6.07) is 6.58. The number of esters is 1. The summed E-state index contributed by atoms with van der Waals surface area (Å²) in [5.74, 6) is -1.76. The number of halogens is 2. The van der Waals surface area contributed by atoms with E-state index >= 15 is 0 Å². The Hall–Kier alpha value is -1.24. The SMILES string of the molecule is COC(=O)C(C#N)c1c(Cl)cccc1Cl. The summed E-state index contributed by atoms with van der Waals surface area (Å²) in [5.41, 5.74) is 0.287. The van der Waals surface area contributed by atoms with Gasteiger partial charge in [-0.2, -0.15) is 5.26 Å². The lowest BCUT2D eigenvalue weighted by Crippen LogP contribution is -2.13. The third-order valence-electron chi connectivity index (χ3n) is 1.85. The van der Waals surface area contributed by atoms with E-state index in [0.717, 1.165) is 0 Å². The number of ether oxygens (including phenoxy) is 1. The van der Waals surface area contributed by atoms with Gasteiger partial charge in [0.25, 0.3) is 0 Å². The molecule has 0 aliphatic rings. The highest BCUT2D eigenvalue weighted by Crippen LogP contribution is 2.31. The Morgan fingerprint density at radius 2 is 2.00 bits per heavy atom. The number of benzene rings is 1. The standard InChI is InChI=1S/C10H7Cl2NO2/c1-15-10(14)6(5-13)9-7(11)3-2-4-8(9)12/h2-4,6H,1H3. The molecule has 5 heteroatoms. The fourth-order valence-electron chi connectivity index (χ4n) is 1.14. The molecule has 0 aliphatic heterocycles. The van der Waals surface area contributed by atoms with Crippen LogP contribution < -0.4 is 0 Å². The van der Waals surface area contributed by atoms with Crippen LogP contribution in [0.2, 0.25) is 10.0 Å². The first-order valence-electron chi connectivity index (χ1n) is 4.03. The number of rotatable bonds is 2. The van der Waals surface area contributed by atoms with Crippen LogP contribution in [-0.2, 0) is 9.53 Å². The molecular formula is C10H7Cl2NO2. The maximum Gasteiger partial charge on any atom is 0.327 e. The number of carbonyl (C=O) groups is 1. The van der Waals surface area contributed by atoms with Gasteiger partial charge < -0.3 is 4.74 Å². The van der Waals surface area contributed by atoms with Crippen molar-refractivity contribution in [3.8, 4) is 6.07 Å². The van der Waals surface area contributed by atoms with Crippen LogP contribution in [-0.4, -0.2) is 13.1 Å². The van der Waals surface area contributed by atoms with E-state index in [1.165, 1.54) is 7.11 Å². The summed E-state index contributed by atoms with van der Waals surface area (Å²) in [6.45, 7) is 0. The Balaban J connectivity index is 3.25. The highest BCUT2D eigenvalue weighted by molar-refractivity contribution is 6.36. The molecule has 0 N–H and O–H groups in total. The largest absolute Gasteiger partial charge is 0.468 e. The van der Waals surface area contributed by atoms with Gasteiger partial charge in [0.2, 0.25) is 0 Å². The molecule has 1 atom stereocenters. The maximum atomic E-state index is 11.3. The van der Waals surface area contributed by atoms with E-state index < -0.39 is 11.9 Å². The summed E-state index contributed by atoms with van der Waals surface area (Å²) in [4.78, 5) is 11.3. The lowest BCUT2D eigenvalue weighted by Gasteiger charge is -2.10. The summed E-state index contributed by atoms with van der Waals surface area (Å²) in [7, 11) is 1.21. The minimum absolute atomic E-state index is 0.277. The van der Waals surface area contributed by atoms with Gasteiger partial charge in [0.15, 0.2) is 5.92 Å². The molecule has 0 bridgehead atoms. The van der Waals surface area contributed by atoms with E-state index in [1.54, 1.807) is 18.2 Å². The van der Waals surface area contributed by atoms with Crippen LogP contribution in [0.5, 0.6) is 0 Å². The predicted octanol–water partition coefficient (Wildman–Crippen LogP) is 2.77. The van der Waals surface area contributed by atoms with Crippen molar-refractivity contribution in [1.29, 1.82) is 5.26 Å². The van der Waals surface area contributed by atoms with Gasteiger partial charge in [-0.1, -0.05) is 29.3 Å². The Kier molecular flexibility index (Phi) is 3.96. The first-order valence-corrected chi connectivity index (χ1v) is 4.78. The van der Waals surface area contributed by atoms with Crippen molar-refractivity contribution >= 4 is 29.2 Å². The highest BCUT2D eigenvalue weighted by atomic mass is 35.5. The smallest absolute Gasteiger partial charge is 0.327 e. The van der Waals surface area contributed by atoms with Gasteiger partial charge in [-0.3, -0.25) is 4.79 Å². The van der Waals surface area contributed by atoms with Gasteiger partial charge in [-0.05, 0) is 12.1 Å². The normalized spacial score (nSPS) is 11.6. The third-order valence-corrected chi connectivity index (χ3v) is 2.51. The third kappa shape index (κ3) is 2.41. The minimum atomic E-state index is -1.09. The molecule has 1 aromatic carbocycles. The Labute approximate surface area is 97.2 Å². The molecule has 78 valence electrons. The van der Waals surface area contributed by atoms with E-state index in [-0.39, 0.29) is 15.6 Å². The van der Waals surface area contributed by atoms with E-state index in [1.807, 2.05) is 6.07 Å². The van der Waals surface area contributed by atoms with Crippen molar-refractivity contribution in [3.05, 3.63) is 33.8 Å². The summed E-state index contributed by atoms with van der Waals surface area (Å²) >= 11 is 11.7. The topological polar surface area (TPSA) is 50.1 Å². The molecule has 1 unspecified atom stereocenters. The second-order valence-electron chi connectivity index (χ2n) is 2.72. The molecule has 0 spiro atoms. The molecule has 0 saturated heterocycles. The van der Waals surface area contributed by atoms with Crippen molar-refractivity contribution in [2.24, 2.45) is 0 Å². The zero-order chi connectivity index (χ0) is 11.4. The lowest BCUT2D eigenvalue weighted by atomic mass is 10.0. The van der Waals surface area contributed by atoms with E-state index in [4.69, 9.17) is 28.5 Å². The van der Waals surface area contributed by atoms with Gasteiger partial charge >= 0.3 is 5.97 Å². The van der Waals surface area contributed by atoms with Gasteiger partial charge in [0.05, 0.1) is 13.2 Å². The van der Waals surface area contributed by atoms with Gasteiger partial charge in [-0.25, -0.2) is 0 Å². The van der Waals surface area contributed by atoms with E-state index in [0.29, 0.717) is 0 Å². The molecule has 0 aliphatic carbocycles. The van der Waals surface area contributed by atoms with Crippen LogP contribution in [0.15, 0.2) is 18.2 Å². The van der Waals surface area contributed by atoms with Crippen molar-refractivity contribution in [3.63, 3.8) is 0 Å². The summed E-state index contributed by atoms with van der Waals surface area (Å²) in [6.07, 6.45) is 0. The van der Waals surface area contributed by atoms with E-state index in [9.17, 15) is 4.79 Å². The molecule has 15 heavy (non-hydrogen) atoms.